The minimum absolute atomic E-state index is 0.662. The maximum atomic E-state index is 4.92. The van der Waals surface area contributed by atoms with Crippen LogP contribution in [0, 0.1) is 6.92 Å². The molecule has 5 aromatic rings. The molecule has 6 rings (SSSR count). The molecule has 0 saturated heterocycles. The first-order valence-electron chi connectivity index (χ1n) is 12.9. The number of aryl methyl sites for hydroxylation is 1. The summed E-state index contributed by atoms with van der Waals surface area (Å²) in [6.45, 7) is 2.08. The molecular weight excluding hydrogens is 462 g/mol. The Kier molecular flexibility index (Phi) is 6.57. The van der Waals surface area contributed by atoms with Crippen molar-refractivity contribution in [3.8, 4) is 45.3 Å². The Balaban J connectivity index is 1.40. The Morgan fingerprint density at radius 3 is 1.53 bits per heavy atom. The molecule has 38 heavy (non-hydrogen) atoms. The minimum Gasteiger partial charge on any atom is -0.208 e. The van der Waals surface area contributed by atoms with Gasteiger partial charge < -0.3 is 0 Å². The molecule has 1 heterocycles. The van der Waals surface area contributed by atoms with Crippen LogP contribution in [0.15, 0.2) is 134 Å². The normalized spacial score (nSPS) is 12.7. The molecule has 1 aliphatic rings. The highest BCUT2D eigenvalue weighted by molar-refractivity contribution is 5.77. The van der Waals surface area contributed by atoms with Crippen LogP contribution in [0.2, 0.25) is 0 Å². The highest BCUT2D eigenvalue weighted by Gasteiger charge is 2.13. The summed E-state index contributed by atoms with van der Waals surface area (Å²) in [5, 5.41) is 0. The maximum Gasteiger partial charge on any atom is 0.164 e. The quantitative estimate of drug-likeness (QED) is 0.248. The molecule has 0 atom stereocenters. The predicted octanol–water partition coefficient (Wildman–Crippen LogP) is 8.75. The van der Waals surface area contributed by atoms with E-state index in [-0.39, 0.29) is 0 Å². The monoisotopic (exact) mass is 489 g/mol. The molecule has 0 fully saturated rings. The van der Waals surface area contributed by atoms with Crippen molar-refractivity contribution in [1.29, 1.82) is 0 Å². The van der Waals surface area contributed by atoms with Crippen molar-refractivity contribution in [1.82, 2.24) is 15.0 Å². The van der Waals surface area contributed by atoms with E-state index in [1.807, 2.05) is 6.07 Å². The van der Waals surface area contributed by atoms with Gasteiger partial charge in [0.15, 0.2) is 17.5 Å². The SMILES string of the molecule is Cc1ccc(-c2nc(-c3ccc(C4=CCC=CC=C4)cc3)nc(-c3ccc(-c4ccccc4)cc3)n2)cc1. The molecule has 0 N–H and O–H groups in total. The van der Waals surface area contributed by atoms with E-state index in [4.69, 9.17) is 15.0 Å². The number of rotatable bonds is 5. The first-order chi connectivity index (χ1) is 18.7. The lowest BCUT2D eigenvalue weighted by atomic mass is 10.0. The largest absolute Gasteiger partial charge is 0.208 e. The Morgan fingerprint density at radius 2 is 0.947 bits per heavy atom. The van der Waals surface area contributed by atoms with Crippen LogP contribution in [0.1, 0.15) is 17.5 Å². The third-order valence-corrected chi connectivity index (χ3v) is 6.67. The van der Waals surface area contributed by atoms with Crippen LogP contribution in [0.4, 0.5) is 0 Å². The van der Waals surface area contributed by atoms with Crippen molar-refractivity contribution in [3.63, 3.8) is 0 Å². The number of hydrogen-bond donors (Lipinski definition) is 0. The number of allylic oxidation sites excluding steroid dienone is 6. The van der Waals surface area contributed by atoms with Crippen molar-refractivity contribution in [2.45, 2.75) is 13.3 Å². The molecule has 182 valence electrons. The lowest BCUT2D eigenvalue weighted by Crippen LogP contribution is -2.00. The first kappa shape index (κ1) is 23.5. The van der Waals surface area contributed by atoms with Gasteiger partial charge in [-0.25, -0.2) is 15.0 Å². The Morgan fingerprint density at radius 1 is 0.474 bits per heavy atom. The number of nitrogens with zero attached hydrogens (tertiary/aromatic N) is 3. The van der Waals surface area contributed by atoms with E-state index < -0.39 is 0 Å². The zero-order valence-corrected chi connectivity index (χ0v) is 21.3. The van der Waals surface area contributed by atoms with E-state index in [1.54, 1.807) is 0 Å². The zero-order chi connectivity index (χ0) is 25.7. The third-order valence-electron chi connectivity index (χ3n) is 6.67. The van der Waals surface area contributed by atoms with Crippen LogP contribution in [-0.4, -0.2) is 15.0 Å². The average Bonchev–Trinajstić information content (AvgIpc) is 3.28. The van der Waals surface area contributed by atoms with Crippen LogP contribution in [0.25, 0.3) is 50.9 Å². The predicted molar refractivity (Wildman–Crippen MR) is 157 cm³/mol. The fourth-order valence-electron chi connectivity index (χ4n) is 4.51. The van der Waals surface area contributed by atoms with Gasteiger partial charge in [-0.1, -0.05) is 139 Å². The van der Waals surface area contributed by atoms with Gasteiger partial charge in [0.25, 0.3) is 0 Å². The summed E-state index contributed by atoms with van der Waals surface area (Å²) in [5.74, 6) is 1.99. The summed E-state index contributed by atoms with van der Waals surface area (Å²) in [6.07, 6.45) is 11.6. The maximum absolute atomic E-state index is 4.92. The van der Waals surface area contributed by atoms with Gasteiger partial charge in [-0.3, -0.25) is 0 Å². The van der Waals surface area contributed by atoms with Crippen molar-refractivity contribution < 1.29 is 0 Å². The van der Waals surface area contributed by atoms with Crippen molar-refractivity contribution in [2.75, 3.05) is 0 Å². The van der Waals surface area contributed by atoms with Gasteiger partial charge in [0.1, 0.15) is 0 Å². The molecule has 1 aliphatic carbocycles. The Bertz CT molecular complexity index is 1640. The molecule has 0 amide bonds. The van der Waals surface area contributed by atoms with Crippen LogP contribution >= 0.6 is 0 Å². The second-order valence-corrected chi connectivity index (χ2v) is 9.38. The lowest BCUT2D eigenvalue weighted by Gasteiger charge is -2.10. The molecule has 0 spiro atoms. The summed E-state index contributed by atoms with van der Waals surface area (Å²) in [6, 6.07) is 35.6. The number of hydrogen-bond acceptors (Lipinski definition) is 3. The fourth-order valence-corrected chi connectivity index (χ4v) is 4.51. The van der Waals surface area contributed by atoms with Gasteiger partial charge >= 0.3 is 0 Å². The summed E-state index contributed by atoms with van der Waals surface area (Å²) < 4.78 is 0. The molecule has 0 unspecified atom stereocenters. The van der Waals surface area contributed by atoms with Crippen molar-refractivity contribution in [3.05, 3.63) is 145 Å². The third kappa shape index (κ3) is 5.14. The van der Waals surface area contributed by atoms with E-state index in [0.29, 0.717) is 17.5 Å². The molecule has 4 aromatic carbocycles. The number of aromatic nitrogens is 3. The topological polar surface area (TPSA) is 38.7 Å². The van der Waals surface area contributed by atoms with Crippen LogP contribution in [0.3, 0.4) is 0 Å². The highest BCUT2D eigenvalue weighted by atomic mass is 15.0. The van der Waals surface area contributed by atoms with Crippen molar-refractivity contribution >= 4 is 5.57 Å². The van der Waals surface area contributed by atoms with Crippen molar-refractivity contribution in [2.24, 2.45) is 0 Å². The summed E-state index contributed by atoms with van der Waals surface area (Å²) in [4.78, 5) is 14.7. The van der Waals surface area contributed by atoms with E-state index in [1.165, 1.54) is 22.3 Å². The fraction of sp³-hybridized carbons (Fsp3) is 0.0571. The van der Waals surface area contributed by atoms with Crippen LogP contribution in [0.5, 0.6) is 0 Å². The lowest BCUT2D eigenvalue weighted by molar-refractivity contribution is 1.07. The van der Waals surface area contributed by atoms with E-state index in [0.717, 1.165) is 28.7 Å². The minimum atomic E-state index is 0.662. The van der Waals surface area contributed by atoms with Gasteiger partial charge in [0, 0.05) is 16.7 Å². The molecule has 3 heteroatoms. The Labute approximate surface area is 223 Å². The standard InChI is InChI=1S/C35H27N3/c1-25-13-15-30(16-14-25)33-36-34(31-21-17-28(18-22-31)26-9-5-2-3-6-10-26)38-35(37-33)32-23-19-29(20-24-32)27-11-7-4-8-12-27/h2-5,7-24H,6H2,1H3. The molecule has 0 radical (unpaired) electrons. The van der Waals surface area contributed by atoms with Gasteiger partial charge in [-0.15, -0.1) is 0 Å². The van der Waals surface area contributed by atoms with Crippen LogP contribution in [-0.2, 0) is 0 Å². The van der Waals surface area contributed by atoms with E-state index in [9.17, 15) is 0 Å². The van der Waals surface area contributed by atoms with Gasteiger partial charge in [0.2, 0.25) is 0 Å². The molecule has 0 aliphatic heterocycles. The summed E-state index contributed by atoms with van der Waals surface area (Å²) in [7, 11) is 0. The summed E-state index contributed by atoms with van der Waals surface area (Å²) in [5.41, 5.74) is 8.84. The molecular formula is C35H27N3. The highest BCUT2D eigenvalue weighted by Crippen LogP contribution is 2.28. The second kappa shape index (κ2) is 10.6. The Hall–Kier alpha value is -4.89. The summed E-state index contributed by atoms with van der Waals surface area (Å²) >= 11 is 0. The smallest absolute Gasteiger partial charge is 0.164 e. The average molecular weight is 490 g/mol. The van der Waals surface area contributed by atoms with Gasteiger partial charge in [-0.05, 0) is 35.6 Å². The first-order valence-corrected chi connectivity index (χ1v) is 12.9. The molecule has 1 aromatic heterocycles. The van der Waals surface area contributed by atoms with Gasteiger partial charge in [-0.2, -0.15) is 0 Å². The molecule has 3 nitrogen and oxygen atoms in total. The van der Waals surface area contributed by atoms with Gasteiger partial charge in [0.05, 0.1) is 0 Å². The van der Waals surface area contributed by atoms with E-state index in [2.05, 4.69) is 134 Å². The molecule has 0 saturated carbocycles. The molecule has 0 bridgehead atoms. The number of benzene rings is 4. The second-order valence-electron chi connectivity index (χ2n) is 9.38. The van der Waals surface area contributed by atoms with E-state index >= 15 is 0 Å². The van der Waals surface area contributed by atoms with Crippen LogP contribution < -0.4 is 0 Å². The zero-order valence-electron chi connectivity index (χ0n) is 21.3.